The minimum atomic E-state index is -3.81. The molecule has 1 aromatic heterocycles. The van der Waals surface area contributed by atoms with Crippen LogP contribution in [0.5, 0.6) is 0 Å². The molecule has 0 unspecified atom stereocenters. The molecule has 3 heterocycles. The molecule has 166 valence electrons. The fourth-order valence-electron chi connectivity index (χ4n) is 3.80. The van der Waals surface area contributed by atoms with Gasteiger partial charge in [0.15, 0.2) is 0 Å². The molecule has 0 spiro atoms. The Morgan fingerprint density at radius 2 is 2.10 bits per heavy atom. The van der Waals surface area contributed by atoms with Crippen LogP contribution < -0.4 is 4.72 Å². The number of hydrogen-bond acceptors (Lipinski definition) is 6. The molecule has 2 saturated heterocycles. The number of likely N-dealkylation sites (tertiary alicyclic amines) is 2. The minimum absolute atomic E-state index is 0.0348. The van der Waals surface area contributed by atoms with Gasteiger partial charge in [-0.25, -0.2) is 8.42 Å². The van der Waals surface area contributed by atoms with Crippen molar-refractivity contribution in [1.29, 1.82) is 0 Å². The number of piperidine rings is 1. The van der Waals surface area contributed by atoms with Gasteiger partial charge in [-0.2, -0.15) is 4.72 Å². The van der Waals surface area contributed by atoms with Gasteiger partial charge >= 0.3 is 0 Å². The van der Waals surface area contributed by atoms with Gasteiger partial charge in [-0.05, 0) is 43.9 Å². The number of sulfonamides is 1. The molecule has 0 saturated carbocycles. The highest BCUT2D eigenvalue weighted by Crippen LogP contribution is 2.23. The van der Waals surface area contributed by atoms with Crippen LogP contribution in [-0.2, 0) is 24.3 Å². The third-order valence-corrected chi connectivity index (χ3v) is 7.53. The van der Waals surface area contributed by atoms with Crippen molar-refractivity contribution in [2.45, 2.75) is 37.8 Å². The molecule has 0 aliphatic carbocycles. The van der Waals surface area contributed by atoms with Crippen molar-refractivity contribution >= 4 is 50.9 Å². The summed E-state index contributed by atoms with van der Waals surface area (Å²) in [6.45, 7) is 1.53. The van der Waals surface area contributed by atoms with Crippen LogP contribution in [0.4, 0.5) is 0 Å². The van der Waals surface area contributed by atoms with Crippen molar-refractivity contribution in [3.63, 3.8) is 0 Å². The zero-order valence-corrected chi connectivity index (χ0v) is 19.1. The summed E-state index contributed by atoms with van der Waals surface area (Å²) in [6.07, 6.45) is 4.27. The van der Waals surface area contributed by atoms with E-state index < -0.39 is 16.1 Å². The summed E-state index contributed by atoms with van der Waals surface area (Å²) in [7, 11) is -2.21. The lowest BCUT2D eigenvalue weighted by Crippen LogP contribution is -2.54. The number of hydrogen-bond donors (Lipinski definition) is 1. The Hall–Kier alpha value is -1.46. The number of methoxy groups -OCH3 is 1. The molecule has 3 rings (SSSR count). The number of halogens is 1. The topological polar surface area (TPSA) is 96.0 Å². The number of nitrogens with zero attached hydrogens (tertiary/aromatic N) is 2. The Balaban J connectivity index is 1.59. The predicted octanol–water partition coefficient (Wildman–Crippen LogP) is 1.92. The van der Waals surface area contributed by atoms with Crippen LogP contribution in [-0.4, -0.2) is 75.5 Å². The number of rotatable bonds is 8. The molecule has 2 aliphatic rings. The van der Waals surface area contributed by atoms with Gasteiger partial charge in [-0.1, -0.05) is 11.6 Å². The van der Waals surface area contributed by atoms with E-state index >= 15 is 0 Å². The van der Waals surface area contributed by atoms with Gasteiger partial charge in [0, 0.05) is 30.5 Å². The van der Waals surface area contributed by atoms with E-state index in [1.807, 2.05) is 0 Å². The van der Waals surface area contributed by atoms with Gasteiger partial charge in [-0.3, -0.25) is 9.59 Å². The molecule has 8 nitrogen and oxygen atoms in total. The standard InChI is InChI=1S/C19H26ClN3O5S2/c1-28-13-14-4-2-10-23(14)18(24)12-22-9-3-5-16(19(22)25)21-30(26,27)11-8-15-6-7-17(20)29-15/h6-8,11,14,16,21H,2-5,9-10,12-13H2,1H3/b11-8+/t14-,16+/m1/s1. The van der Waals surface area contributed by atoms with E-state index in [9.17, 15) is 18.0 Å². The fraction of sp³-hybridized carbons (Fsp3) is 0.579. The van der Waals surface area contributed by atoms with Crippen LogP contribution in [0.3, 0.4) is 0 Å². The lowest BCUT2D eigenvalue weighted by molar-refractivity contribution is -0.144. The summed E-state index contributed by atoms with van der Waals surface area (Å²) in [5, 5.41) is 1.03. The average Bonchev–Trinajstić information content (AvgIpc) is 3.32. The summed E-state index contributed by atoms with van der Waals surface area (Å²) in [5.41, 5.74) is 0. The summed E-state index contributed by atoms with van der Waals surface area (Å²) in [6, 6.07) is 2.56. The van der Waals surface area contributed by atoms with E-state index in [-0.39, 0.29) is 24.4 Å². The van der Waals surface area contributed by atoms with Crippen molar-refractivity contribution < 1.29 is 22.7 Å². The van der Waals surface area contributed by atoms with Crippen LogP contribution in [0, 0.1) is 0 Å². The van der Waals surface area contributed by atoms with Crippen molar-refractivity contribution in [2.75, 3.05) is 33.4 Å². The molecule has 0 aromatic carbocycles. The normalized spacial score (nSPS) is 22.9. The molecule has 2 aliphatic heterocycles. The molecular formula is C19H26ClN3O5S2. The molecule has 30 heavy (non-hydrogen) atoms. The van der Waals surface area contributed by atoms with Crippen molar-refractivity contribution in [1.82, 2.24) is 14.5 Å². The molecule has 2 atom stereocenters. The summed E-state index contributed by atoms with van der Waals surface area (Å²) in [4.78, 5) is 29.4. The first-order chi connectivity index (χ1) is 14.3. The maximum Gasteiger partial charge on any atom is 0.242 e. The molecule has 2 amide bonds. The second kappa shape index (κ2) is 10.2. The van der Waals surface area contributed by atoms with Gasteiger partial charge in [0.2, 0.25) is 21.8 Å². The fourth-order valence-corrected chi connectivity index (χ4v) is 5.87. The summed E-state index contributed by atoms with van der Waals surface area (Å²) >= 11 is 7.11. The Morgan fingerprint density at radius 1 is 1.33 bits per heavy atom. The molecule has 2 fully saturated rings. The van der Waals surface area contributed by atoms with Crippen LogP contribution >= 0.6 is 22.9 Å². The molecule has 1 aromatic rings. The molecule has 1 N–H and O–H groups in total. The van der Waals surface area contributed by atoms with Crippen molar-refractivity contribution in [2.24, 2.45) is 0 Å². The lowest BCUT2D eigenvalue weighted by Gasteiger charge is -2.34. The Bertz CT molecular complexity index is 902. The van der Waals surface area contributed by atoms with Gasteiger partial charge < -0.3 is 14.5 Å². The predicted molar refractivity (Wildman–Crippen MR) is 117 cm³/mol. The Morgan fingerprint density at radius 3 is 2.80 bits per heavy atom. The molecular weight excluding hydrogens is 450 g/mol. The summed E-state index contributed by atoms with van der Waals surface area (Å²) in [5.74, 6) is -0.492. The van der Waals surface area contributed by atoms with E-state index in [4.69, 9.17) is 16.3 Å². The molecule has 0 bridgehead atoms. The third kappa shape index (κ3) is 6.04. The lowest BCUT2D eigenvalue weighted by atomic mass is 10.1. The first-order valence-electron chi connectivity index (χ1n) is 9.82. The number of thiophene rings is 1. The average molecular weight is 476 g/mol. The number of ether oxygens (including phenoxy) is 1. The minimum Gasteiger partial charge on any atom is -0.383 e. The van der Waals surface area contributed by atoms with Crippen molar-refractivity contribution in [3.05, 3.63) is 26.8 Å². The Kier molecular flexibility index (Phi) is 7.92. The highest BCUT2D eigenvalue weighted by atomic mass is 35.5. The maximum absolute atomic E-state index is 12.8. The third-order valence-electron chi connectivity index (χ3n) is 5.23. The second-order valence-corrected chi connectivity index (χ2v) is 10.7. The highest BCUT2D eigenvalue weighted by Gasteiger charge is 2.35. The van der Waals surface area contributed by atoms with E-state index in [2.05, 4.69) is 4.72 Å². The smallest absolute Gasteiger partial charge is 0.242 e. The number of carbonyl (C=O) groups is 2. The number of nitrogens with one attached hydrogen (secondary N) is 1. The van der Waals surface area contributed by atoms with E-state index in [1.165, 1.54) is 22.3 Å². The first-order valence-corrected chi connectivity index (χ1v) is 12.6. The van der Waals surface area contributed by atoms with Gasteiger partial charge in [0.1, 0.15) is 6.04 Å². The van der Waals surface area contributed by atoms with Crippen LogP contribution in [0.15, 0.2) is 17.5 Å². The zero-order valence-electron chi connectivity index (χ0n) is 16.8. The first kappa shape index (κ1) is 23.2. The summed E-state index contributed by atoms with van der Waals surface area (Å²) < 4.78 is 33.0. The monoisotopic (exact) mass is 475 g/mol. The number of carbonyl (C=O) groups excluding carboxylic acids is 2. The van der Waals surface area contributed by atoms with E-state index in [1.54, 1.807) is 24.1 Å². The van der Waals surface area contributed by atoms with Gasteiger partial charge in [0.05, 0.1) is 23.5 Å². The maximum atomic E-state index is 12.8. The SMILES string of the molecule is COC[C@H]1CCCN1C(=O)CN1CCC[C@H](NS(=O)(=O)/C=C/c2ccc(Cl)s2)C1=O. The zero-order chi connectivity index (χ0) is 21.7. The van der Waals surface area contributed by atoms with E-state index in [0.29, 0.717) is 41.8 Å². The quantitative estimate of drug-likeness (QED) is 0.619. The van der Waals surface area contributed by atoms with Gasteiger partial charge in [-0.15, -0.1) is 11.3 Å². The van der Waals surface area contributed by atoms with E-state index in [0.717, 1.165) is 18.2 Å². The van der Waals surface area contributed by atoms with Crippen LogP contribution in [0.1, 0.15) is 30.6 Å². The van der Waals surface area contributed by atoms with Crippen LogP contribution in [0.25, 0.3) is 6.08 Å². The van der Waals surface area contributed by atoms with Crippen molar-refractivity contribution in [3.8, 4) is 0 Å². The van der Waals surface area contributed by atoms with Crippen LogP contribution in [0.2, 0.25) is 4.34 Å². The Labute approximate surface area is 185 Å². The highest BCUT2D eigenvalue weighted by molar-refractivity contribution is 7.92. The molecule has 0 radical (unpaired) electrons. The largest absolute Gasteiger partial charge is 0.383 e. The second-order valence-electron chi connectivity index (χ2n) is 7.40. The molecule has 11 heteroatoms. The number of amides is 2. The van der Waals surface area contributed by atoms with Gasteiger partial charge in [0.25, 0.3) is 0 Å².